The normalized spacial score (nSPS) is 18.0. The highest BCUT2D eigenvalue weighted by Crippen LogP contribution is 2.22. The highest BCUT2D eigenvalue weighted by molar-refractivity contribution is 6.06. The molecule has 1 saturated carbocycles. The van der Waals surface area contributed by atoms with Crippen LogP contribution in [-0.4, -0.2) is 39.0 Å². The molecule has 1 fully saturated rings. The Morgan fingerprint density at radius 2 is 1.72 bits per heavy atom. The summed E-state index contributed by atoms with van der Waals surface area (Å²) in [4.78, 5) is 33.9. The Labute approximate surface area is 185 Å². The first-order valence-corrected chi connectivity index (χ1v) is 10.6. The average molecular weight is 431 g/mol. The van der Waals surface area contributed by atoms with E-state index < -0.39 is 5.91 Å². The van der Waals surface area contributed by atoms with Crippen LogP contribution in [0.2, 0.25) is 0 Å². The van der Waals surface area contributed by atoms with Crippen LogP contribution in [0.4, 0.5) is 11.5 Å². The van der Waals surface area contributed by atoms with E-state index in [1.807, 2.05) is 18.2 Å². The van der Waals surface area contributed by atoms with Crippen molar-refractivity contribution in [3.8, 4) is 11.3 Å². The molecule has 8 heteroatoms. The SMILES string of the molecule is Nc1ncc(-c2cccc(C(=O)N[C@H]3CC[C@H](O)CC3)c2)nc1C(=O)Nc1ccccc1. The monoisotopic (exact) mass is 431 g/mol. The van der Waals surface area contributed by atoms with E-state index in [2.05, 4.69) is 20.6 Å². The van der Waals surface area contributed by atoms with Gasteiger partial charge in [-0.25, -0.2) is 9.97 Å². The van der Waals surface area contributed by atoms with Crippen LogP contribution in [0.1, 0.15) is 46.5 Å². The summed E-state index contributed by atoms with van der Waals surface area (Å²) in [5.41, 5.74) is 8.11. The lowest BCUT2D eigenvalue weighted by atomic mass is 9.93. The van der Waals surface area contributed by atoms with Crippen LogP contribution in [-0.2, 0) is 0 Å². The molecule has 0 atom stereocenters. The number of hydrogen-bond acceptors (Lipinski definition) is 6. The number of aromatic nitrogens is 2. The van der Waals surface area contributed by atoms with Gasteiger partial charge in [0, 0.05) is 22.9 Å². The minimum Gasteiger partial charge on any atom is -0.393 e. The standard InChI is InChI=1S/C24H25N5O3/c25-22-21(24(32)28-17-7-2-1-3-8-17)29-20(14-26-22)15-5-4-6-16(13-15)23(31)27-18-9-11-19(30)12-10-18/h1-8,13-14,18-19,30H,9-12H2,(H2,25,26)(H,27,31)(H,28,32)/t18-,19-. The van der Waals surface area contributed by atoms with Crippen LogP contribution >= 0.6 is 0 Å². The summed E-state index contributed by atoms with van der Waals surface area (Å²) in [6.07, 6.45) is 4.11. The van der Waals surface area contributed by atoms with Crippen LogP contribution in [0.15, 0.2) is 60.8 Å². The molecule has 1 heterocycles. The van der Waals surface area contributed by atoms with Crippen LogP contribution in [0.25, 0.3) is 11.3 Å². The third kappa shape index (κ3) is 5.09. The maximum atomic E-state index is 12.7. The Morgan fingerprint density at radius 3 is 2.47 bits per heavy atom. The van der Waals surface area contributed by atoms with Crippen molar-refractivity contribution in [3.05, 3.63) is 72.1 Å². The zero-order valence-electron chi connectivity index (χ0n) is 17.5. The van der Waals surface area contributed by atoms with E-state index in [1.54, 1.807) is 36.4 Å². The van der Waals surface area contributed by atoms with Crippen LogP contribution in [0, 0.1) is 0 Å². The quantitative estimate of drug-likeness (QED) is 0.491. The summed E-state index contributed by atoms with van der Waals surface area (Å²) < 4.78 is 0. The van der Waals surface area contributed by atoms with Gasteiger partial charge in [-0.15, -0.1) is 0 Å². The summed E-state index contributed by atoms with van der Waals surface area (Å²) in [6.45, 7) is 0. The van der Waals surface area contributed by atoms with Gasteiger partial charge in [0.1, 0.15) is 0 Å². The van der Waals surface area contributed by atoms with Gasteiger partial charge in [0.25, 0.3) is 11.8 Å². The number of aliphatic hydroxyl groups excluding tert-OH is 1. The van der Waals surface area contributed by atoms with Gasteiger partial charge in [-0.1, -0.05) is 30.3 Å². The number of nitrogens with one attached hydrogen (secondary N) is 2. The highest BCUT2D eigenvalue weighted by Gasteiger charge is 2.21. The second-order valence-electron chi connectivity index (χ2n) is 7.87. The molecule has 4 rings (SSSR count). The lowest BCUT2D eigenvalue weighted by Crippen LogP contribution is -2.38. The van der Waals surface area contributed by atoms with Gasteiger partial charge in [0.2, 0.25) is 0 Å². The third-order valence-electron chi connectivity index (χ3n) is 5.50. The number of nitrogens with zero attached hydrogens (tertiary/aromatic N) is 2. The maximum absolute atomic E-state index is 12.7. The van der Waals surface area contributed by atoms with E-state index in [1.165, 1.54) is 6.20 Å². The summed E-state index contributed by atoms with van der Waals surface area (Å²) in [7, 11) is 0. The van der Waals surface area contributed by atoms with Crippen molar-refractivity contribution < 1.29 is 14.7 Å². The average Bonchev–Trinajstić information content (AvgIpc) is 2.81. The predicted octanol–water partition coefficient (Wildman–Crippen LogP) is 3.01. The molecule has 164 valence electrons. The molecule has 8 nitrogen and oxygen atoms in total. The Balaban J connectivity index is 1.52. The Hall–Kier alpha value is -3.78. The Bertz CT molecular complexity index is 1110. The second kappa shape index (κ2) is 9.57. The molecule has 2 amide bonds. The number of nitrogens with two attached hydrogens (primary N) is 1. The van der Waals surface area contributed by atoms with E-state index >= 15 is 0 Å². The van der Waals surface area contributed by atoms with Gasteiger partial charge >= 0.3 is 0 Å². The largest absolute Gasteiger partial charge is 0.393 e. The number of nitrogen functional groups attached to an aromatic ring is 1. The first-order chi connectivity index (χ1) is 15.5. The molecule has 0 radical (unpaired) electrons. The van der Waals surface area contributed by atoms with Gasteiger partial charge in [0.15, 0.2) is 11.5 Å². The number of rotatable bonds is 5. The first kappa shape index (κ1) is 21.5. The predicted molar refractivity (Wildman–Crippen MR) is 122 cm³/mol. The molecule has 0 spiro atoms. The van der Waals surface area contributed by atoms with Gasteiger partial charge in [-0.3, -0.25) is 9.59 Å². The van der Waals surface area contributed by atoms with Crippen LogP contribution in [0.5, 0.6) is 0 Å². The molecule has 5 N–H and O–H groups in total. The van der Waals surface area contributed by atoms with Gasteiger partial charge < -0.3 is 21.5 Å². The van der Waals surface area contributed by atoms with Crippen LogP contribution < -0.4 is 16.4 Å². The van der Waals surface area contributed by atoms with E-state index in [0.29, 0.717) is 35.3 Å². The van der Waals surface area contributed by atoms with Gasteiger partial charge in [0.05, 0.1) is 18.0 Å². The van der Waals surface area contributed by atoms with Gasteiger partial charge in [-0.2, -0.15) is 0 Å². The number of carbonyl (C=O) groups excluding carboxylic acids is 2. The van der Waals surface area contributed by atoms with E-state index in [9.17, 15) is 14.7 Å². The summed E-state index contributed by atoms with van der Waals surface area (Å²) in [5, 5.41) is 15.4. The summed E-state index contributed by atoms with van der Waals surface area (Å²) in [5.74, 6) is -0.620. The Kier molecular flexibility index (Phi) is 6.42. The number of benzene rings is 2. The summed E-state index contributed by atoms with van der Waals surface area (Å²) in [6, 6.07) is 16.1. The number of para-hydroxylation sites is 1. The number of hydrogen-bond donors (Lipinski definition) is 4. The van der Waals surface area contributed by atoms with Gasteiger partial charge in [-0.05, 0) is 49.9 Å². The molecule has 0 unspecified atom stereocenters. The van der Waals surface area contributed by atoms with Crippen molar-refractivity contribution >= 4 is 23.3 Å². The molecule has 32 heavy (non-hydrogen) atoms. The van der Waals surface area contributed by atoms with Crippen molar-refractivity contribution in [2.24, 2.45) is 0 Å². The van der Waals surface area contributed by atoms with E-state index in [-0.39, 0.29) is 29.6 Å². The molecule has 1 aliphatic rings. The third-order valence-corrected chi connectivity index (χ3v) is 5.50. The van der Waals surface area contributed by atoms with Crippen molar-refractivity contribution in [2.75, 3.05) is 11.1 Å². The Morgan fingerprint density at radius 1 is 0.969 bits per heavy atom. The molecule has 1 aliphatic carbocycles. The van der Waals surface area contributed by atoms with E-state index in [4.69, 9.17) is 5.73 Å². The molecule has 2 aromatic carbocycles. The van der Waals surface area contributed by atoms with Crippen molar-refractivity contribution in [1.82, 2.24) is 15.3 Å². The van der Waals surface area contributed by atoms with Crippen molar-refractivity contribution in [1.29, 1.82) is 0 Å². The van der Waals surface area contributed by atoms with Crippen molar-refractivity contribution in [3.63, 3.8) is 0 Å². The lowest BCUT2D eigenvalue weighted by Gasteiger charge is -2.26. The number of anilines is 2. The highest BCUT2D eigenvalue weighted by atomic mass is 16.3. The molecule has 0 bridgehead atoms. The smallest absolute Gasteiger partial charge is 0.278 e. The molecular weight excluding hydrogens is 406 g/mol. The number of aliphatic hydroxyl groups is 1. The molecule has 3 aromatic rings. The number of amides is 2. The fourth-order valence-electron chi connectivity index (χ4n) is 3.73. The minimum absolute atomic E-state index is 0.0157. The molecular formula is C24H25N5O3. The zero-order chi connectivity index (χ0) is 22.5. The molecule has 0 saturated heterocycles. The fourth-order valence-corrected chi connectivity index (χ4v) is 3.73. The second-order valence-corrected chi connectivity index (χ2v) is 7.87. The maximum Gasteiger partial charge on any atom is 0.278 e. The molecule has 1 aromatic heterocycles. The molecule has 0 aliphatic heterocycles. The number of carbonyl (C=O) groups is 2. The summed E-state index contributed by atoms with van der Waals surface area (Å²) >= 11 is 0. The minimum atomic E-state index is -0.462. The zero-order valence-corrected chi connectivity index (χ0v) is 17.5. The fraction of sp³-hybridized carbons (Fsp3) is 0.250. The first-order valence-electron chi connectivity index (χ1n) is 10.6. The topological polar surface area (TPSA) is 130 Å². The lowest BCUT2D eigenvalue weighted by molar-refractivity contribution is 0.0867. The van der Waals surface area contributed by atoms with Crippen LogP contribution in [0.3, 0.4) is 0 Å². The van der Waals surface area contributed by atoms with Crippen molar-refractivity contribution in [2.45, 2.75) is 37.8 Å². The van der Waals surface area contributed by atoms with E-state index in [0.717, 1.165) is 12.8 Å².